The van der Waals surface area contributed by atoms with Gasteiger partial charge in [0.2, 0.25) is 0 Å². The minimum absolute atomic E-state index is 0.529. The average Bonchev–Trinajstić information content (AvgIpc) is 2.30. The lowest BCUT2D eigenvalue weighted by atomic mass is 10.2. The largest absolute Gasteiger partial charge is 0.479 e. The fraction of sp³-hybridized carbons (Fsp3) is 0.167. The Morgan fingerprint density at radius 1 is 1.31 bits per heavy atom. The first-order valence-corrected chi connectivity index (χ1v) is 5.50. The highest BCUT2D eigenvalue weighted by Crippen LogP contribution is 2.17. The van der Waals surface area contributed by atoms with E-state index < -0.39 is 0 Å². The number of ether oxygens (including phenoxy) is 1. The van der Waals surface area contributed by atoms with Crippen LogP contribution >= 0.6 is 12.2 Å². The second-order valence-corrected chi connectivity index (χ2v) is 3.65. The van der Waals surface area contributed by atoms with E-state index in [2.05, 4.69) is 9.97 Å². The number of aromatic nitrogens is 2. The van der Waals surface area contributed by atoms with Crippen LogP contribution in [0.3, 0.4) is 0 Å². The predicted octanol–water partition coefficient (Wildman–Crippen LogP) is 3.20. The van der Waals surface area contributed by atoms with Gasteiger partial charge in [0.1, 0.15) is 10.5 Å². The molecule has 0 aliphatic heterocycles. The third kappa shape index (κ3) is 2.46. The molecule has 2 aromatic rings. The van der Waals surface area contributed by atoms with Crippen molar-refractivity contribution >= 4 is 12.2 Å². The first-order chi connectivity index (χ1) is 7.79. The average molecular weight is 232 g/mol. The SMILES string of the molecule is CCOc1cc(=S)nc(-c2ccccc2)[nH]1. The van der Waals surface area contributed by atoms with Crippen LogP contribution in [0.4, 0.5) is 0 Å². The molecule has 0 spiro atoms. The molecule has 0 aliphatic carbocycles. The highest BCUT2D eigenvalue weighted by Gasteiger charge is 2.01. The van der Waals surface area contributed by atoms with Gasteiger partial charge in [-0.25, -0.2) is 4.98 Å². The number of nitrogens with zero attached hydrogens (tertiary/aromatic N) is 1. The number of aromatic amines is 1. The molecule has 16 heavy (non-hydrogen) atoms. The standard InChI is InChI=1S/C12H12N2OS/c1-2-15-10-8-11(16)14-12(13-10)9-6-4-3-5-7-9/h3-8H,2H2,1H3,(H,13,14,16). The molecule has 1 heterocycles. The fourth-order valence-corrected chi connectivity index (χ4v) is 1.60. The zero-order valence-corrected chi connectivity index (χ0v) is 9.75. The molecule has 82 valence electrons. The van der Waals surface area contributed by atoms with Gasteiger partial charge in [-0.05, 0) is 6.92 Å². The van der Waals surface area contributed by atoms with E-state index in [1.54, 1.807) is 6.07 Å². The van der Waals surface area contributed by atoms with Gasteiger partial charge in [-0.3, -0.25) is 0 Å². The third-order valence-electron chi connectivity index (χ3n) is 2.07. The molecular formula is C12H12N2OS. The minimum Gasteiger partial charge on any atom is -0.479 e. The van der Waals surface area contributed by atoms with Crippen molar-refractivity contribution < 1.29 is 4.74 Å². The molecule has 1 aromatic heterocycles. The van der Waals surface area contributed by atoms with Crippen LogP contribution in [0.5, 0.6) is 5.88 Å². The van der Waals surface area contributed by atoms with Gasteiger partial charge in [-0.1, -0.05) is 42.5 Å². The van der Waals surface area contributed by atoms with Gasteiger partial charge in [0.25, 0.3) is 0 Å². The molecule has 0 saturated carbocycles. The van der Waals surface area contributed by atoms with Crippen LogP contribution in [0.25, 0.3) is 11.4 Å². The quantitative estimate of drug-likeness (QED) is 0.826. The summed E-state index contributed by atoms with van der Waals surface area (Å²) < 4.78 is 5.92. The van der Waals surface area contributed by atoms with E-state index in [4.69, 9.17) is 17.0 Å². The maximum absolute atomic E-state index is 5.39. The van der Waals surface area contributed by atoms with Crippen LogP contribution in [-0.4, -0.2) is 16.6 Å². The summed E-state index contributed by atoms with van der Waals surface area (Å²) in [6, 6.07) is 11.5. The Labute approximate surface area is 99.1 Å². The normalized spacial score (nSPS) is 10.1. The summed E-state index contributed by atoms with van der Waals surface area (Å²) in [6.07, 6.45) is 0. The van der Waals surface area contributed by atoms with Crippen molar-refractivity contribution in [1.29, 1.82) is 0 Å². The van der Waals surface area contributed by atoms with Crippen molar-refractivity contribution in [3.05, 3.63) is 41.0 Å². The third-order valence-corrected chi connectivity index (χ3v) is 2.27. The van der Waals surface area contributed by atoms with Crippen molar-refractivity contribution in [1.82, 2.24) is 9.97 Å². The Balaban J connectivity index is 2.45. The lowest BCUT2D eigenvalue weighted by Gasteiger charge is -2.06. The maximum Gasteiger partial charge on any atom is 0.195 e. The molecule has 1 N–H and O–H groups in total. The lowest BCUT2D eigenvalue weighted by molar-refractivity contribution is 0.326. The summed E-state index contributed by atoms with van der Waals surface area (Å²) in [5.41, 5.74) is 0.996. The van der Waals surface area contributed by atoms with Crippen LogP contribution in [0.2, 0.25) is 0 Å². The topological polar surface area (TPSA) is 37.9 Å². The van der Waals surface area contributed by atoms with Crippen molar-refractivity contribution in [3.8, 4) is 17.3 Å². The van der Waals surface area contributed by atoms with Gasteiger partial charge in [-0.15, -0.1) is 0 Å². The van der Waals surface area contributed by atoms with Crippen LogP contribution in [0.15, 0.2) is 36.4 Å². The predicted molar refractivity (Wildman–Crippen MR) is 66.0 cm³/mol. The van der Waals surface area contributed by atoms with Crippen LogP contribution < -0.4 is 4.74 Å². The summed E-state index contributed by atoms with van der Waals surface area (Å²) in [6.45, 7) is 2.53. The van der Waals surface area contributed by atoms with E-state index in [9.17, 15) is 0 Å². The molecule has 3 nitrogen and oxygen atoms in total. The Bertz CT molecular complexity index is 522. The van der Waals surface area contributed by atoms with E-state index in [1.807, 2.05) is 37.3 Å². The van der Waals surface area contributed by atoms with Gasteiger partial charge in [0.05, 0.1) is 6.61 Å². The molecule has 1 aromatic carbocycles. The molecule has 0 aliphatic rings. The van der Waals surface area contributed by atoms with Gasteiger partial charge in [0, 0.05) is 11.6 Å². The second-order valence-electron chi connectivity index (χ2n) is 3.23. The van der Waals surface area contributed by atoms with E-state index in [1.165, 1.54) is 0 Å². The number of rotatable bonds is 3. The Hall–Kier alpha value is -1.68. The second kappa shape index (κ2) is 4.90. The number of H-pyrrole nitrogens is 1. The molecule has 2 rings (SSSR count). The van der Waals surface area contributed by atoms with Gasteiger partial charge < -0.3 is 9.72 Å². The molecule has 0 atom stereocenters. The Morgan fingerprint density at radius 3 is 2.75 bits per heavy atom. The molecule has 0 bridgehead atoms. The molecular weight excluding hydrogens is 220 g/mol. The molecule has 0 radical (unpaired) electrons. The monoisotopic (exact) mass is 232 g/mol. The summed E-state index contributed by atoms with van der Waals surface area (Å²) in [4.78, 5) is 7.37. The van der Waals surface area contributed by atoms with Crippen molar-refractivity contribution in [2.75, 3.05) is 6.61 Å². The summed E-state index contributed by atoms with van der Waals surface area (Å²) in [5.74, 6) is 1.39. The summed E-state index contributed by atoms with van der Waals surface area (Å²) in [7, 11) is 0. The van der Waals surface area contributed by atoms with E-state index in [-0.39, 0.29) is 0 Å². The molecule has 0 fully saturated rings. The molecule has 0 amide bonds. The van der Waals surface area contributed by atoms with Crippen molar-refractivity contribution in [2.24, 2.45) is 0 Å². The van der Waals surface area contributed by atoms with Crippen molar-refractivity contribution in [2.45, 2.75) is 6.92 Å². The number of benzene rings is 1. The molecule has 0 unspecified atom stereocenters. The first kappa shape index (κ1) is 10.8. The van der Waals surface area contributed by atoms with Gasteiger partial charge in [-0.2, -0.15) is 0 Å². The number of hydrogen-bond donors (Lipinski definition) is 1. The number of nitrogens with one attached hydrogen (secondary N) is 1. The van der Waals surface area contributed by atoms with Crippen LogP contribution in [0, 0.1) is 4.64 Å². The zero-order chi connectivity index (χ0) is 11.4. The van der Waals surface area contributed by atoms with Gasteiger partial charge in [0.15, 0.2) is 5.88 Å². The lowest BCUT2D eigenvalue weighted by Crippen LogP contribution is -1.97. The zero-order valence-electron chi connectivity index (χ0n) is 8.93. The van der Waals surface area contributed by atoms with Crippen LogP contribution in [0.1, 0.15) is 6.92 Å². The summed E-state index contributed by atoms with van der Waals surface area (Å²) >= 11 is 5.09. The van der Waals surface area contributed by atoms with E-state index >= 15 is 0 Å². The van der Waals surface area contributed by atoms with Crippen LogP contribution in [-0.2, 0) is 0 Å². The molecule has 0 saturated heterocycles. The van der Waals surface area contributed by atoms with E-state index in [0.29, 0.717) is 17.1 Å². The highest BCUT2D eigenvalue weighted by atomic mass is 32.1. The molecule has 4 heteroatoms. The fourth-order valence-electron chi connectivity index (χ4n) is 1.40. The maximum atomic E-state index is 5.39. The Morgan fingerprint density at radius 2 is 2.06 bits per heavy atom. The summed E-state index contributed by atoms with van der Waals surface area (Å²) in [5, 5.41) is 0. The van der Waals surface area contributed by atoms with E-state index in [0.717, 1.165) is 11.4 Å². The smallest absolute Gasteiger partial charge is 0.195 e. The minimum atomic E-state index is 0.529. The number of hydrogen-bond acceptors (Lipinski definition) is 3. The Kier molecular flexibility index (Phi) is 3.31. The highest BCUT2D eigenvalue weighted by molar-refractivity contribution is 7.71. The first-order valence-electron chi connectivity index (χ1n) is 5.09. The van der Waals surface area contributed by atoms with Gasteiger partial charge >= 0.3 is 0 Å². The van der Waals surface area contributed by atoms with Crippen molar-refractivity contribution in [3.63, 3.8) is 0 Å².